The van der Waals surface area contributed by atoms with Crippen LogP contribution in [0.2, 0.25) is 0 Å². The van der Waals surface area contributed by atoms with Gasteiger partial charge in [-0.1, -0.05) is 48.7 Å². The maximum absolute atomic E-state index is 12.6. The van der Waals surface area contributed by atoms with Gasteiger partial charge in [0.2, 0.25) is 11.8 Å². The summed E-state index contributed by atoms with van der Waals surface area (Å²) in [7, 11) is 0. The smallest absolute Gasteiger partial charge is 0.413 e. The standard InChI is InChI=1S/C28H36N6O5/c1-16(2)34-26(31-27(37)38-28(3,4)5)23(25(29)36)24(32-34)19-11-9-18(10-12-19)14-21(35)30-22-15-20(33-39-22)13-17-7-6-8-17/h9-12,15-17H,6-8,13-14H2,1-5H3,(H2,29,36)(H,30,35)(H,31,37). The highest BCUT2D eigenvalue weighted by Gasteiger charge is 2.27. The number of aromatic nitrogens is 3. The Labute approximate surface area is 227 Å². The van der Waals surface area contributed by atoms with Crippen molar-refractivity contribution < 1.29 is 23.6 Å². The number of ether oxygens (including phenoxy) is 1. The minimum absolute atomic E-state index is 0.0723. The number of hydrogen-bond acceptors (Lipinski definition) is 7. The van der Waals surface area contributed by atoms with Crippen LogP contribution in [0.5, 0.6) is 0 Å². The van der Waals surface area contributed by atoms with E-state index in [4.69, 9.17) is 15.0 Å². The lowest BCUT2D eigenvalue weighted by molar-refractivity contribution is -0.115. The molecule has 1 aliphatic rings. The number of primary amides is 1. The molecule has 2 aromatic heterocycles. The Kier molecular flexibility index (Phi) is 8.08. The zero-order valence-electron chi connectivity index (χ0n) is 23.0. The lowest BCUT2D eigenvalue weighted by Crippen LogP contribution is -2.29. The highest BCUT2D eigenvalue weighted by molar-refractivity contribution is 6.06. The minimum atomic E-state index is -0.741. The van der Waals surface area contributed by atoms with Gasteiger partial charge < -0.3 is 15.0 Å². The van der Waals surface area contributed by atoms with Gasteiger partial charge in [0.15, 0.2) is 0 Å². The molecule has 1 aliphatic carbocycles. The summed E-state index contributed by atoms with van der Waals surface area (Å²) in [5.41, 5.74) is 7.60. The molecule has 4 N–H and O–H groups in total. The first-order valence-corrected chi connectivity index (χ1v) is 13.2. The summed E-state index contributed by atoms with van der Waals surface area (Å²) in [4.78, 5) is 37.6. The van der Waals surface area contributed by atoms with Crippen LogP contribution in [-0.4, -0.2) is 38.4 Å². The van der Waals surface area contributed by atoms with Gasteiger partial charge in [0.25, 0.3) is 5.91 Å². The SMILES string of the molecule is CC(C)n1nc(-c2ccc(CC(=O)Nc3cc(CC4CCC4)no3)cc2)c(C(N)=O)c1NC(=O)OC(C)(C)C. The van der Waals surface area contributed by atoms with Crippen molar-refractivity contribution in [3.63, 3.8) is 0 Å². The summed E-state index contributed by atoms with van der Waals surface area (Å²) < 4.78 is 12.1. The van der Waals surface area contributed by atoms with E-state index in [-0.39, 0.29) is 29.8 Å². The summed E-state index contributed by atoms with van der Waals surface area (Å²) in [6, 6.07) is 8.65. The molecule has 11 nitrogen and oxygen atoms in total. The van der Waals surface area contributed by atoms with E-state index in [1.165, 1.54) is 23.9 Å². The Bertz CT molecular complexity index is 1350. The average Bonchev–Trinajstić information content (AvgIpc) is 3.40. The number of carbonyl (C=O) groups is 3. The normalized spacial score (nSPS) is 13.7. The van der Waals surface area contributed by atoms with E-state index in [0.717, 1.165) is 17.7 Å². The van der Waals surface area contributed by atoms with Crippen molar-refractivity contribution in [2.45, 2.75) is 78.4 Å². The fourth-order valence-electron chi connectivity index (χ4n) is 4.37. The molecule has 3 aromatic rings. The van der Waals surface area contributed by atoms with Crippen LogP contribution in [0.4, 0.5) is 16.5 Å². The molecular formula is C28H36N6O5. The van der Waals surface area contributed by atoms with Crippen molar-refractivity contribution in [1.82, 2.24) is 14.9 Å². The number of nitrogens with two attached hydrogens (primary N) is 1. The van der Waals surface area contributed by atoms with Crippen molar-refractivity contribution in [2.75, 3.05) is 10.6 Å². The number of nitrogens with one attached hydrogen (secondary N) is 2. The second-order valence-corrected chi connectivity index (χ2v) is 11.2. The van der Waals surface area contributed by atoms with Crippen molar-refractivity contribution >= 4 is 29.6 Å². The molecule has 0 radical (unpaired) electrons. The first-order valence-electron chi connectivity index (χ1n) is 13.2. The molecule has 11 heteroatoms. The Morgan fingerprint density at radius 1 is 1.15 bits per heavy atom. The summed E-state index contributed by atoms with van der Waals surface area (Å²) in [5, 5.41) is 14.0. The minimum Gasteiger partial charge on any atom is -0.444 e. The van der Waals surface area contributed by atoms with Gasteiger partial charge in [0.1, 0.15) is 22.7 Å². The first kappa shape index (κ1) is 27.9. The molecule has 0 spiro atoms. The highest BCUT2D eigenvalue weighted by Crippen LogP contribution is 2.32. The van der Waals surface area contributed by atoms with E-state index in [9.17, 15) is 14.4 Å². The van der Waals surface area contributed by atoms with Gasteiger partial charge in [-0.3, -0.25) is 20.2 Å². The van der Waals surface area contributed by atoms with Gasteiger partial charge >= 0.3 is 6.09 Å². The van der Waals surface area contributed by atoms with Gasteiger partial charge in [0.05, 0.1) is 12.1 Å². The van der Waals surface area contributed by atoms with Crippen molar-refractivity contribution in [3.05, 3.63) is 47.2 Å². The van der Waals surface area contributed by atoms with Crippen LogP contribution < -0.4 is 16.4 Å². The summed E-state index contributed by atoms with van der Waals surface area (Å²) >= 11 is 0. The molecule has 39 heavy (non-hydrogen) atoms. The fourth-order valence-corrected chi connectivity index (χ4v) is 4.37. The Morgan fingerprint density at radius 3 is 2.41 bits per heavy atom. The Hall–Kier alpha value is -4.15. The van der Waals surface area contributed by atoms with E-state index >= 15 is 0 Å². The average molecular weight is 537 g/mol. The molecule has 0 atom stereocenters. The maximum Gasteiger partial charge on any atom is 0.413 e. The third kappa shape index (κ3) is 7.04. The van der Waals surface area contributed by atoms with E-state index in [2.05, 4.69) is 20.9 Å². The van der Waals surface area contributed by atoms with E-state index in [1.807, 2.05) is 13.8 Å². The number of carbonyl (C=O) groups excluding carboxylic acids is 3. The van der Waals surface area contributed by atoms with Crippen LogP contribution in [0, 0.1) is 5.92 Å². The number of benzene rings is 1. The lowest BCUT2D eigenvalue weighted by Gasteiger charge is -2.23. The third-order valence-electron chi connectivity index (χ3n) is 6.40. The van der Waals surface area contributed by atoms with Crippen LogP contribution in [0.15, 0.2) is 34.9 Å². The Morgan fingerprint density at radius 2 is 1.85 bits per heavy atom. The van der Waals surface area contributed by atoms with Gasteiger partial charge in [-0.2, -0.15) is 5.10 Å². The number of amides is 3. The Balaban J connectivity index is 1.48. The zero-order chi connectivity index (χ0) is 28.3. The molecule has 1 saturated carbocycles. The van der Waals surface area contributed by atoms with E-state index < -0.39 is 17.6 Å². The van der Waals surface area contributed by atoms with Crippen LogP contribution in [0.3, 0.4) is 0 Å². The molecule has 1 aromatic carbocycles. The first-order chi connectivity index (χ1) is 18.4. The van der Waals surface area contributed by atoms with Crippen LogP contribution in [0.1, 0.15) is 81.5 Å². The summed E-state index contributed by atoms with van der Waals surface area (Å²) in [6.07, 6.45) is 3.96. The van der Waals surface area contributed by atoms with Crippen molar-refractivity contribution in [1.29, 1.82) is 0 Å². The monoisotopic (exact) mass is 536 g/mol. The number of nitrogens with zero attached hydrogens (tertiary/aromatic N) is 3. The number of anilines is 2. The maximum atomic E-state index is 12.6. The second-order valence-electron chi connectivity index (χ2n) is 11.2. The molecular weight excluding hydrogens is 500 g/mol. The van der Waals surface area contributed by atoms with Crippen LogP contribution in [0.25, 0.3) is 11.3 Å². The molecule has 2 heterocycles. The molecule has 3 amide bonds. The van der Waals surface area contributed by atoms with E-state index in [0.29, 0.717) is 23.1 Å². The molecule has 1 fully saturated rings. The fraction of sp³-hybridized carbons (Fsp3) is 0.464. The zero-order valence-corrected chi connectivity index (χ0v) is 23.0. The lowest BCUT2D eigenvalue weighted by atomic mass is 9.82. The molecule has 0 unspecified atom stereocenters. The van der Waals surface area contributed by atoms with Crippen molar-refractivity contribution in [3.8, 4) is 11.3 Å². The molecule has 208 valence electrons. The van der Waals surface area contributed by atoms with Gasteiger partial charge in [0, 0.05) is 17.7 Å². The molecule has 0 saturated heterocycles. The number of hydrogen-bond donors (Lipinski definition) is 3. The topological polar surface area (TPSA) is 154 Å². The molecule has 4 rings (SSSR count). The summed E-state index contributed by atoms with van der Waals surface area (Å²) in [5.74, 6) is 0.175. The van der Waals surface area contributed by atoms with Crippen molar-refractivity contribution in [2.24, 2.45) is 11.7 Å². The van der Waals surface area contributed by atoms with E-state index in [1.54, 1.807) is 51.1 Å². The molecule has 0 bridgehead atoms. The third-order valence-corrected chi connectivity index (χ3v) is 6.40. The van der Waals surface area contributed by atoms with Gasteiger partial charge in [-0.15, -0.1) is 0 Å². The van der Waals surface area contributed by atoms with Crippen LogP contribution in [-0.2, 0) is 22.4 Å². The molecule has 0 aliphatic heterocycles. The van der Waals surface area contributed by atoms with Crippen LogP contribution >= 0.6 is 0 Å². The predicted molar refractivity (Wildman–Crippen MR) is 146 cm³/mol. The summed E-state index contributed by atoms with van der Waals surface area (Å²) in [6.45, 7) is 8.97. The largest absolute Gasteiger partial charge is 0.444 e. The predicted octanol–water partition coefficient (Wildman–Crippen LogP) is 5.09. The highest BCUT2D eigenvalue weighted by atomic mass is 16.6. The van der Waals surface area contributed by atoms with Gasteiger partial charge in [-0.05, 0) is 52.5 Å². The van der Waals surface area contributed by atoms with Gasteiger partial charge in [-0.25, -0.2) is 9.48 Å². The number of rotatable bonds is 9. The second kappa shape index (κ2) is 11.3. The quantitative estimate of drug-likeness (QED) is 0.344.